The molecule has 32 heavy (non-hydrogen) atoms. The molecule has 1 amide bonds. The van der Waals surface area contributed by atoms with Crippen LogP contribution in [0, 0.1) is 0 Å². The van der Waals surface area contributed by atoms with Crippen LogP contribution in [-0.4, -0.2) is 56.3 Å². The number of morpholine rings is 1. The van der Waals surface area contributed by atoms with Crippen LogP contribution in [0.25, 0.3) is 0 Å². The van der Waals surface area contributed by atoms with Crippen LogP contribution in [0.3, 0.4) is 0 Å². The van der Waals surface area contributed by atoms with Crippen molar-refractivity contribution in [3.63, 3.8) is 0 Å². The van der Waals surface area contributed by atoms with E-state index >= 15 is 0 Å². The molecule has 1 aliphatic heterocycles. The lowest BCUT2D eigenvalue weighted by Gasteiger charge is -2.28. The lowest BCUT2D eigenvalue weighted by atomic mass is 10.1. The fourth-order valence-electron chi connectivity index (χ4n) is 3.43. The predicted octanol–water partition coefficient (Wildman–Crippen LogP) is 3.17. The Labute approximate surface area is 186 Å². The summed E-state index contributed by atoms with van der Waals surface area (Å²) >= 11 is 0. The lowest BCUT2D eigenvalue weighted by molar-refractivity contribution is 0.0964. The quantitative estimate of drug-likeness (QED) is 0.521. The number of amides is 1. The minimum atomic E-state index is -0.195. The maximum Gasteiger partial charge on any atom is 0.253 e. The molecule has 1 fully saturated rings. The highest BCUT2D eigenvalue weighted by atomic mass is 16.5. The Morgan fingerprint density at radius 2 is 1.81 bits per heavy atom. The first-order valence-electron chi connectivity index (χ1n) is 10.4. The first-order valence-corrected chi connectivity index (χ1v) is 10.4. The number of nitrogens with one attached hydrogen (secondary N) is 3. The van der Waals surface area contributed by atoms with Crippen molar-refractivity contribution in [2.24, 2.45) is 0 Å². The number of nitrogens with zero attached hydrogens (tertiary/aromatic N) is 3. The first-order chi connectivity index (χ1) is 15.7. The van der Waals surface area contributed by atoms with Gasteiger partial charge < -0.3 is 30.3 Å². The van der Waals surface area contributed by atoms with Gasteiger partial charge in [0.25, 0.3) is 5.91 Å². The summed E-state index contributed by atoms with van der Waals surface area (Å²) in [6.07, 6.45) is 1.59. The summed E-state index contributed by atoms with van der Waals surface area (Å²) in [7, 11) is 3.14. The lowest BCUT2D eigenvalue weighted by Crippen LogP contribution is -2.36. The second kappa shape index (κ2) is 9.97. The Morgan fingerprint density at radius 3 is 2.53 bits per heavy atom. The summed E-state index contributed by atoms with van der Waals surface area (Å²) in [5.41, 5.74) is 3.14. The molecular weight excluding hydrogens is 408 g/mol. The molecule has 2 heterocycles. The summed E-state index contributed by atoms with van der Waals surface area (Å²) in [4.78, 5) is 23.4. The number of benzene rings is 2. The van der Waals surface area contributed by atoms with Crippen molar-refractivity contribution in [3.8, 4) is 5.75 Å². The van der Waals surface area contributed by atoms with E-state index in [-0.39, 0.29) is 5.91 Å². The van der Waals surface area contributed by atoms with Gasteiger partial charge in [0.2, 0.25) is 5.95 Å². The van der Waals surface area contributed by atoms with Crippen LogP contribution in [0.2, 0.25) is 0 Å². The van der Waals surface area contributed by atoms with Gasteiger partial charge in [0.05, 0.1) is 37.8 Å². The van der Waals surface area contributed by atoms with Crippen molar-refractivity contribution >= 4 is 34.7 Å². The number of ether oxygens (including phenoxy) is 2. The predicted molar refractivity (Wildman–Crippen MR) is 124 cm³/mol. The van der Waals surface area contributed by atoms with Crippen molar-refractivity contribution in [3.05, 3.63) is 60.3 Å². The van der Waals surface area contributed by atoms with Gasteiger partial charge in [-0.2, -0.15) is 4.98 Å². The number of carbonyl (C=O) groups excluding carboxylic acids is 1. The molecule has 0 aliphatic carbocycles. The molecule has 0 atom stereocenters. The third-order valence-corrected chi connectivity index (χ3v) is 5.13. The fourth-order valence-corrected chi connectivity index (χ4v) is 3.43. The van der Waals surface area contributed by atoms with Gasteiger partial charge in [0, 0.05) is 31.5 Å². The number of rotatable bonds is 7. The fraction of sp³-hybridized carbons (Fsp3) is 0.261. The Hall–Kier alpha value is -3.85. The third kappa shape index (κ3) is 4.89. The van der Waals surface area contributed by atoms with Crippen LogP contribution in [-0.2, 0) is 4.74 Å². The van der Waals surface area contributed by atoms with Gasteiger partial charge in [-0.05, 0) is 36.4 Å². The smallest absolute Gasteiger partial charge is 0.253 e. The van der Waals surface area contributed by atoms with Gasteiger partial charge in [0.1, 0.15) is 0 Å². The highest BCUT2D eigenvalue weighted by Gasteiger charge is 2.14. The molecule has 3 aromatic rings. The van der Waals surface area contributed by atoms with E-state index in [0.29, 0.717) is 28.8 Å². The SMILES string of the molecule is CNC(=O)c1ccccc1Nc1nc(Nc2ccc(N3CCOCC3)cc2)ncc1OC. The molecule has 0 spiro atoms. The van der Waals surface area contributed by atoms with Crippen LogP contribution in [0.15, 0.2) is 54.7 Å². The number of methoxy groups -OCH3 is 1. The zero-order valence-electron chi connectivity index (χ0n) is 18.1. The molecule has 9 nitrogen and oxygen atoms in total. The van der Waals surface area contributed by atoms with Crippen molar-refractivity contribution in [2.75, 3.05) is 56.0 Å². The molecule has 0 unspecified atom stereocenters. The molecule has 166 valence electrons. The highest BCUT2D eigenvalue weighted by Crippen LogP contribution is 2.29. The minimum Gasteiger partial charge on any atom is -0.491 e. The monoisotopic (exact) mass is 434 g/mol. The van der Waals surface area contributed by atoms with Crippen LogP contribution >= 0.6 is 0 Å². The molecule has 2 aromatic carbocycles. The number of para-hydroxylation sites is 1. The molecule has 0 bridgehead atoms. The molecule has 4 rings (SSSR count). The maximum absolute atomic E-state index is 12.2. The molecule has 1 aliphatic rings. The third-order valence-electron chi connectivity index (χ3n) is 5.13. The number of anilines is 5. The normalized spacial score (nSPS) is 13.4. The van der Waals surface area contributed by atoms with Crippen LogP contribution in [0.1, 0.15) is 10.4 Å². The van der Waals surface area contributed by atoms with Crippen LogP contribution in [0.5, 0.6) is 5.75 Å². The zero-order chi connectivity index (χ0) is 22.3. The molecule has 9 heteroatoms. The highest BCUT2D eigenvalue weighted by molar-refractivity contribution is 6.00. The molecule has 1 saturated heterocycles. The molecule has 1 aromatic heterocycles. The first kappa shape index (κ1) is 21.4. The van der Waals surface area contributed by atoms with Crippen molar-refractivity contribution in [1.29, 1.82) is 0 Å². The van der Waals surface area contributed by atoms with Gasteiger partial charge in [-0.25, -0.2) is 4.98 Å². The average Bonchev–Trinajstić information content (AvgIpc) is 2.85. The molecule has 0 radical (unpaired) electrons. The largest absolute Gasteiger partial charge is 0.491 e. The van der Waals surface area contributed by atoms with Crippen molar-refractivity contribution in [1.82, 2.24) is 15.3 Å². The molecule has 0 saturated carbocycles. The number of hydrogen-bond acceptors (Lipinski definition) is 8. The van der Waals surface area contributed by atoms with E-state index < -0.39 is 0 Å². The second-order valence-corrected chi connectivity index (χ2v) is 7.13. The zero-order valence-corrected chi connectivity index (χ0v) is 18.1. The molecule has 3 N–H and O–H groups in total. The van der Waals surface area contributed by atoms with Crippen LogP contribution in [0.4, 0.5) is 28.8 Å². The van der Waals surface area contributed by atoms with Crippen molar-refractivity contribution in [2.45, 2.75) is 0 Å². The Morgan fingerprint density at radius 1 is 1.06 bits per heavy atom. The number of carbonyl (C=O) groups is 1. The van der Waals surface area contributed by atoms with Crippen molar-refractivity contribution < 1.29 is 14.3 Å². The average molecular weight is 435 g/mol. The second-order valence-electron chi connectivity index (χ2n) is 7.13. The number of aromatic nitrogens is 2. The van der Waals surface area contributed by atoms with E-state index in [4.69, 9.17) is 9.47 Å². The summed E-state index contributed by atoms with van der Waals surface area (Å²) in [6.45, 7) is 3.28. The van der Waals surface area contributed by atoms with E-state index in [1.54, 1.807) is 32.5 Å². The van der Waals surface area contributed by atoms with Gasteiger partial charge >= 0.3 is 0 Å². The van der Waals surface area contributed by atoms with Gasteiger partial charge in [0.15, 0.2) is 11.6 Å². The van der Waals surface area contributed by atoms with Gasteiger partial charge in [-0.1, -0.05) is 12.1 Å². The van der Waals surface area contributed by atoms with E-state index in [1.165, 1.54) is 0 Å². The summed E-state index contributed by atoms with van der Waals surface area (Å²) in [5.74, 6) is 1.13. The Balaban J connectivity index is 1.53. The van der Waals surface area contributed by atoms with Crippen LogP contribution < -0.4 is 25.6 Å². The Kier molecular flexibility index (Phi) is 6.66. The minimum absolute atomic E-state index is 0.195. The van der Waals surface area contributed by atoms with E-state index in [1.807, 2.05) is 24.3 Å². The topological polar surface area (TPSA) is 101 Å². The summed E-state index contributed by atoms with van der Waals surface area (Å²) in [6, 6.07) is 15.3. The standard InChI is InChI=1S/C23H26N6O3/c1-24-22(30)18-5-3-4-6-19(18)27-21-20(31-2)15-25-23(28-21)26-16-7-9-17(10-8-16)29-11-13-32-14-12-29/h3-10,15H,11-14H2,1-2H3,(H,24,30)(H2,25,26,27,28). The van der Waals surface area contributed by atoms with Gasteiger partial charge in [-0.3, -0.25) is 4.79 Å². The van der Waals surface area contributed by atoms with Gasteiger partial charge in [-0.15, -0.1) is 0 Å². The van der Waals surface area contributed by atoms with E-state index in [9.17, 15) is 4.79 Å². The summed E-state index contributed by atoms with van der Waals surface area (Å²) in [5, 5.41) is 9.05. The Bertz CT molecular complexity index is 1070. The summed E-state index contributed by atoms with van der Waals surface area (Å²) < 4.78 is 10.8. The maximum atomic E-state index is 12.2. The molecular formula is C23H26N6O3. The van der Waals surface area contributed by atoms with E-state index in [2.05, 4.69) is 43.0 Å². The van der Waals surface area contributed by atoms with E-state index in [0.717, 1.165) is 37.7 Å². The number of hydrogen-bond donors (Lipinski definition) is 3.